The molecule has 0 amide bonds. The zero-order chi connectivity index (χ0) is 15.5. The maximum atomic E-state index is 12.8. The third kappa shape index (κ3) is 3.98. The predicted molar refractivity (Wildman–Crippen MR) is 76.2 cm³/mol. The summed E-state index contributed by atoms with van der Waals surface area (Å²) in [7, 11) is 0. The lowest BCUT2D eigenvalue weighted by Crippen LogP contribution is -2.39. The largest absolute Gasteiger partial charge is 0.414 e. The molecule has 1 aromatic rings. The molecule has 0 aliphatic heterocycles. The van der Waals surface area contributed by atoms with Crippen LogP contribution in [0, 0.1) is 0 Å². The van der Waals surface area contributed by atoms with Gasteiger partial charge < -0.3 is 10.1 Å². The first-order valence-corrected chi connectivity index (χ1v) is 7.46. The monoisotopic (exact) mass is 301 g/mol. The minimum atomic E-state index is -4.32. The lowest BCUT2D eigenvalue weighted by atomic mass is 9.97. The molecule has 0 spiro atoms. The number of ether oxygens (including phenoxy) is 1. The maximum Gasteiger partial charge on any atom is 0.414 e. The van der Waals surface area contributed by atoms with Crippen LogP contribution in [0.15, 0.2) is 24.3 Å². The highest BCUT2D eigenvalue weighted by molar-refractivity contribution is 5.32. The van der Waals surface area contributed by atoms with Crippen LogP contribution in [0.2, 0.25) is 0 Å². The van der Waals surface area contributed by atoms with Crippen molar-refractivity contribution in [2.75, 3.05) is 6.54 Å². The van der Waals surface area contributed by atoms with Gasteiger partial charge in [-0.1, -0.05) is 31.2 Å². The number of alkyl halides is 3. The molecule has 3 unspecified atom stereocenters. The molecule has 0 heterocycles. The van der Waals surface area contributed by atoms with Crippen LogP contribution in [-0.4, -0.2) is 24.9 Å². The highest BCUT2D eigenvalue weighted by atomic mass is 19.4. The first-order chi connectivity index (χ1) is 9.93. The molecule has 2 nitrogen and oxygen atoms in total. The van der Waals surface area contributed by atoms with Crippen molar-refractivity contribution in [1.29, 1.82) is 0 Å². The molecular weight excluding hydrogens is 279 g/mol. The molecule has 0 bridgehead atoms. The quantitative estimate of drug-likeness (QED) is 0.848. The molecule has 2 rings (SSSR count). The number of hydrogen-bond donors (Lipinski definition) is 1. The molecule has 0 saturated carbocycles. The van der Waals surface area contributed by atoms with Crippen molar-refractivity contribution in [2.24, 2.45) is 0 Å². The summed E-state index contributed by atoms with van der Waals surface area (Å²) in [5.74, 6) is 0. The second kappa shape index (κ2) is 6.79. The van der Waals surface area contributed by atoms with E-state index in [4.69, 9.17) is 4.74 Å². The van der Waals surface area contributed by atoms with E-state index in [0.717, 1.165) is 25.3 Å². The van der Waals surface area contributed by atoms with E-state index in [1.807, 2.05) is 25.1 Å². The molecule has 1 aliphatic carbocycles. The molecule has 3 atom stereocenters. The van der Waals surface area contributed by atoms with Crippen molar-refractivity contribution < 1.29 is 17.9 Å². The van der Waals surface area contributed by atoms with E-state index < -0.39 is 18.4 Å². The Labute approximate surface area is 123 Å². The van der Waals surface area contributed by atoms with E-state index in [1.54, 1.807) is 0 Å². The van der Waals surface area contributed by atoms with Gasteiger partial charge in [-0.15, -0.1) is 0 Å². The molecule has 0 radical (unpaired) electrons. The number of halogens is 3. The Morgan fingerprint density at radius 1 is 1.33 bits per heavy atom. The van der Waals surface area contributed by atoms with Crippen LogP contribution in [-0.2, 0) is 11.2 Å². The second-order valence-electron chi connectivity index (χ2n) is 5.48. The van der Waals surface area contributed by atoms with Gasteiger partial charge in [-0.3, -0.25) is 0 Å². The Kier molecular flexibility index (Phi) is 5.27. The van der Waals surface area contributed by atoms with Crippen LogP contribution in [0.4, 0.5) is 13.2 Å². The van der Waals surface area contributed by atoms with Crippen molar-refractivity contribution in [3.8, 4) is 0 Å². The Morgan fingerprint density at radius 3 is 2.71 bits per heavy atom. The van der Waals surface area contributed by atoms with Gasteiger partial charge >= 0.3 is 6.18 Å². The average molecular weight is 301 g/mol. The van der Waals surface area contributed by atoms with Gasteiger partial charge in [0.1, 0.15) is 0 Å². The number of hydrogen-bond acceptors (Lipinski definition) is 2. The van der Waals surface area contributed by atoms with Crippen molar-refractivity contribution in [3.05, 3.63) is 35.4 Å². The summed E-state index contributed by atoms with van der Waals surface area (Å²) in [4.78, 5) is 0. The van der Waals surface area contributed by atoms with Gasteiger partial charge in [0.25, 0.3) is 0 Å². The van der Waals surface area contributed by atoms with Crippen molar-refractivity contribution in [2.45, 2.75) is 57.5 Å². The number of aryl methyl sites for hydroxylation is 1. The summed E-state index contributed by atoms with van der Waals surface area (Å²) < 4.78 is 43.7. The van der Waals surface area contributed by atoms with E-state index in [2.05, 4.69) is 11.4 Å². The fourth-order valence-electron chi connectivity index (χ4n) is 2.87. The molecule has 118 valence electrons. The lowest BCUT2D eigenvalue weighted by Gasteiger charge is -2.30. The van der Waals surface area contributed by atoms with Gasteiger partial charge in [0.15, 0.2) is 6.10 Å². The SMILES string of the molecule is CCNC1c2ccccc2CCCC1OC(C)C(F)(F)F. The van der Waals surface area contributed by atoms with Gasteiger partial charge in [-0.25, -0.2) is 0 Å². The van der Waals surface area contributed by atoms with Crippen molar-refractivity contribution in [1.82, 2.24) is 5.32 Å². The Balaban J connectivity index is 2.24. The molecule has 1 N–H and O–H groups in total. The summed E-state index contributed by atoms with van der Waals surface area (Å²) in [6.45, 7) is 3.73. The molecule has 1 aliphatic rings. The molecule has 0 aromatic heterocycles. The maximum absolute atomic E-state index is 12.8. The first kappa shape index (κ1) is 16.3. The van der Waals surface area contributed by atoms with Gasteiger partial charge in [0, 0.05) is 0 Å². The minimum Gasteiger partial charge on any atom is -0.364 e. The second-order valence-corrected chi connectivity index (χ2v) is 5.48. The minimum absolute atomic E-state index is 0.182. The van der Waals surface area contributed by atoms with Gasteiger partial charge in [0.05, 0.1) is 12.1 Å². The fourth-order valence-corrected chi connectivity index (χ4v) is 2.87. The first-order valence-electron chi connectivity index (χ1n) is 7.46. The number of benzene rings is 1. The van der Waals surface area contributed by atoms with Crippen LogP contribution >= 0.6 is 0 Å². The van der Waals surface area contributed by atoms with Crippen LogP contribution < -0.4 is 5.32 Å². The van der Waals surface area contributed by atoms with Crippen LogP contribution in [0.5, 0.6) is 0 Å². The molecule has 21 heavy (non-hydrogen) atoms. The molecule has 0 fully saturated rings. The normalized spacial score (nSPS) is 24.2. The lowest BCUT2D eigenvalue weighted by molar-refractivity contribution is -0.230. The predicted octanol–water partition coefficient (Wildman–Crippen LogP) is 4.01. The number of fused-ring (bicyclic) bond motifs is 1. The summed E-state index contributed by atoms with van der Waals surface area (Å²) in [6, 6.07) is 7.76. The summed E-state index contributed by atoms with van der Waals surface area (Å²) >= 11 is 0. The number of likely N-dealkylation sites (N-methyl/N-ethyl adjacent to an activating group) is 1. The third-order valence-electron chi connectivity index (χ3n) is 3.96. The zero-order valence-corrected chi connectivity index (χ0v) is 12.4. The molecule has 1 aromatic carbocycles. The van der Waals surface area contributed by atoms with E-state index in [1.165, 1.54) is 5.56 Å². The zero-order valence-electron chi connectivity index (χ0n) is 12.4. The number of rotatable bonds is 4. The Hall–Kier alpha value is -1.07. The van der Waals surface area contributed by atoms with Crippen molar-refractivity contribution >= 4 is 0 Å². The van der Waals surface area contributed by atoms with E-state index in [0.29, 0.717) is 13.0 Å². The van der Waals surface area contributed by atoms with Crippen LogP contribution in [0.25, 0.3) is 0 Å². The van der Waals surface area contributed by atoms with Gasteiger partial charge in [-0.2, -0.15) is 13.2 Å². The van der Waals surface area contributed by atoms with Crippen LogP contribution in [0.3, 0.4) is 0 Å². The summed E-state index contributed by atoms with van der Waals surface area (Å²) in [5.41, 5.74) is 2.27. The van der Waals surface area contributed by atoms with Gasteiger partial charge in [0.2, 0.25) is 0 Å². The van der Waals surface area contributed by atoms with E-state index >= 15 is 0 Å². The summed E-state index contributed by atoms with van der Waals surface area (Å²) in [5, 5.41) is 3.30. The van der Waals surface area contributed by atoms with Crippen molar-refractivity contribution in [3.63, 3.8) is 0 Å². The van der Waals surface area contributed by atoms with E-state index in [-0.39, 0.29) is 6.04 Å². The molecule has 0 saturated heterocycles. The highest BCUT2D eigenvalue weighted by Gasteiger charge is 2.40. The van der Waals surface area contributed by atoms with Gasteiger partial charge in [-0.05, 0) is 43.9 Å². The fraction of sp³-hybridized carbons (Fsp3) is 0.625. The molecular formula is C16H22F3NO. The van der Waals surface area contributed by atoms with Crippen LogP contribution in [0.1, 0.15) is 43.9 Å². The third-order valence-corrected chi connectivity index (χ3v) is 3.96. The Bertz CT molecular complexity index is 461. The Morgan fingerprint density at radius 2 is 2.05 bits per heavy atom. The van der Waals surface area contributed by atoms with E-state index in [9.17, 15) is 13.2 Å². The summed E-state index contributed by atoms with van der Waals surface area (Å²) in [6.07, 6.45) is -4.15. The molecule has 5 heteroatoms. The smallest absolute Gasteiger partial charge is 0.364 e. The average Bonchev–Trinajstić information content (AvgIpc) is 2.59. The topological polar surface area (TPSA) is 21.3 Å². The number of nitrogens with one attached hydrogen (secondary N) is 1. The standard InChI is InChI=1S/C16H22F3NO/c1-3-20-15-13-9-5-4-7-12(13)8-6-10-14(15)21-11(2)16(17,18)19/h4-5,7,9,11,14-15,20H,3,6,8,10H2,1-2H3. The highest BCUT2D eigenvalue weighted by Crippen LogP contribution is 2.33.